The highest BCUT2D eigenvalue weighted by atomic mass is 16.4. The average molecular weight is 331 g/mol. The monoisotopic (exact) mass is 331 g/mol. The van der Waals surface area contributed by atoms with Crippen LogP contribution in [0.1, 0.15) is 24.0 Å². The minimum Gasteiger partial charge on any atom is -0.463 e. The summed E-state index contributed by atoms with van der Waals surface area (Å²) in [6.07, 6.45) is 0. The van der Waals surface area contributed by atoms with Crippen LogP contribution in [-0.4, -0.2) is 31.8 Å². The number of amides is 2. The zero-order valence-corrected chi connectivity index (χ0v) is 14.8. The summed E-state index contributed by atoms with van der Waals surface area (Å²) in [6.45, 7) is 5.38. The van der Waals surface area contributed by atoms with Crippen LogP contribution in [0.15, 0.2) is 34.7 Å². The van der Waals surface area contributed by atoms with Gasteiger partial charge in [-0.05, 0) is 56.7 Å². The van der Waals surface area contributed by atoms with Crippen LogP contribution in [0.25, 0.3) is 0 Å². The summed E-state index contributed by atoms with van der Waals surface area (Å²) >= 11 is 0. The van der Waals surface area contributed by atoms with Crippen LogP contribution in [0.3, 0.4) is 0 Å². The van der Waals surface area contributed by atoms with E-state index >= 15 is 0 Å². The van der Waals surface area contributed by atoms with Crippen molar-refractivity contribution in [1.82, 2.24) is 5.32 Å². The van der Waals surface area contributed by atoms with Crippen molar-refractivity contribution in [2.45, 2.75) is 26.4 Å². The van der Waals surface area contributed by atoms with Gasteiger partial charge in [0.05, 0.1) is 6.54 Å². The standard InChI is InChI=1S/C18H25N3O3/c1-12-10-14(21(4)5)7-8-15(12)20-17(22)19-11-18(3,23)16-9-6-13(2)24-16/h6-10,23H,11H2,1-5H3,(H2,19,20,22). The van der Waals surface area contributed by atoms with E-state index in [1.54, 1.807) is 26.0 Å². The molecular weight excluding hydrogens is 306 g/mol. The van der Waals surface area contributed by atoms with Gasteiger partial charge in [0.2, 0.25) is 0 Å². The molecule has 1 unspecified atom stereocenters. The van der Waals surface area contributed by atoms with Gasteiger partial charge in [-0.25, -0.2) is 4.79 Å². The van der Waals surface area contributed by atoms with Gasteiger partial charge in [-0.1, -0.05) is 0 Å². The number of aryl methyl sites for hydroxylation is 2. The molecule has 0 bridgehead atoms. The molecule has 0 aliphatic rings. The number of hydrogen-bond donors (Lipinski definition) is 3. The van der Waals surface area contributed by atoms with Gasteiger partial charge in [-0.15, -0.1) is 0 Å². The van der Waals surface area contributed by atoms with Crippen LogP contribution in [-0.2, 0) is 5.60 Å². The van der Waals surface area contributed by atoms with Crippen molar-refractivity contribution in [3.63, 3.8) is 0 Å². The number of carbonyl (C=O) groups excluding carboxylic acids is 1. The third-order valence-corrected chi connectivity index (χ3v) is 3.84. The number of furan rings is 1. The summed E-state index contributed by atoms with van der Waals surface area (Å²) in [6, 6.07) is 8.90. The fourth-order valence-corrected chi connectivity index (χ4v) is 2.30. The van der Waals surface area contributed by atoms with E-state index < -0.39 is 5.60 Å². The predicted molar refractivity (Wildman–Crippen MR) is 95.5 cm³/mol. The topological polar surface area (TPSA) is 77.7 Å². The van der Waals surface area contributed by atoms with E-state index in [0.29, 0.717) is 11.5 Å². The first-order chi connectivity index (χ1) is 11.2. The highest BCUT2D eigenvalue weighted by Crippen LogP contribution is 2.23. The van der Waals surface area contributed by atoms with Crippen LogP contribution in [0.2, 0.25) is 0 Å². The molecule has 2 aromatic rings. The first-order valence-corrected chi connectivity index (χ1v) is 7.81. The molecule has 1 aromatic carbocycles. The number of aliphatic hydroxyl groups is 1. The maximum Gasteiger partial charge on any atom is 0.319 e. The van der Waals surface area contributed by atoms with Gasteiger partial charge in [-0.2, -0.15) is 0 Å². The van der Waals surface area contributed by atoms with Crippen molar-refractivity contribution in [1.29, 1.82) is 0 Å². The van der Waals surface area contributed by atoms with Gasteiger partial charge in [0.15, 0.2) is 0 Å². The molecule has 3 N–H and O–H groups in total. The SMILES string of the molecule is Cc1ccc(C(C)(O)CNC(=O)Nc2ccc(N(C)C)cc2C)o1. The molecule has 0 saturated heterocycles. The third kappa shape index (κ3) is 4.29. The van der Waals surface area contributed by atoms with Crippen molar-refractivity contribution in [2.24, 2.45) is 0 Å². The number of rotatable bonds is 5. The summed E-state index contributed by atoms with van der Waals surface area (Å²) in [5, 5.41) is 15.9. The summed E-state index contributed by atoms with van der Waals surface area (Å²) in [5.41, 5.74) is 1.49. The van der Waals surface area contributed by atoms with E-state index in [1.165, 1.54) is 0 Å². The van der Waals surface area contributed by atoms with Crippen LogP contribution in [0.5, 0.6) is 0 Å². The maximum atomic E-state index is 12.1. The number of carbonyl (C=O) groups is 1. The second-order valence-corrected chi connectivity index (χ2v) is 6.39. The van der Waals surface area contributed by atoms with Crippen LogP contribution >= 0.6 is 0 Å². The maximum absolute atomic E-state index is 12.1. The molecule has 130 valence electrons. The van der Waals surface area contributed by atoms with E-state index in [2.05, 4.69) is 10.6 Å². The molecule has 0 fully saturated rings. The molecule has 2 rings (SSSR count). The molecule has 1 atom stereocenters. The minimum absolute atomic E-state index is 0.0423. The highest BCUT2D eigenvalue weighted by Gasteiger charge is 2.27. The predicted octanol–water partition coefficient (Wildman–Crippen LogP) is 2.99. The lowest BCUT2D eigenvalue weighted by molar-refractivity contribution is 0.0364. The van der Waals surface area contributed by atoms with Gasteiger partial charge >= 0.3 is 6.03 Å². The Balaban J connectivity index is 1.96. The number of hydrogen-bond acceptors (Lipinski definition) is 4. The van der Waals surface area contributed by atoms with Crippen molar-refractivity contribution in [3.05, 3.63) is 47.4 Å². The number of anilines is 2. The molecule has 6 nitrogen and oxygen atoms in total. The number of nitrogens with zero attached hydrogens (tertiary/aromatic N) is 1. The van der Waals surface area contributed by atoms with Crippen molar-refractivity contribution >= 4 is 17.4 Å². The molecule has 0 aliphatic carbocycles. The second-order valence-electron chi connectivity index (χ2n) is 6.39. The number of nitrogens with one attached hydrogen (secondary N) is 2. The highest BCUT2D eigenvalue weighted by molar-refractivity contribution is 5.90. The zero-order valence-electron chi connectivity index (χ0n) is 14.8. The van der Waals surface area contributed by atoms with Crippen LogP contribution < -0.4 is 15.5 Å². The third-order valence-electron chi connectivity index (χ3n) is 3.84. The molecule has 1 heterocycles. The minimum atomic E-state index is -1.27. The van der Waals surface area contributed by atoms with E-state index in [0.717, 1.165) is 16.9 Å². The number of urea groups is 1. The molecule has 0 spiro atoms. The van der Waals surface area contributed by atoms with Gasteiger partial charge in [-0.3, -0.25) is 0 Å². The van der Waals surface area contributed by atoms with Gasteiger partial charge in [0.25, 0.3) is 0 Å². The van der Waals surface area contributed by atoms with Crippen LogP contribution in [0, 0.1) is 13.8 Å². The Morgan fingerprint density at radius 1 is 1.25 bits per heavy atom. The molecular formula is C18H25N3O3. The van der Waals surface area contributed by atoms with Gasteiger partial charge in [0.1, 0.15) is 17.1 Å². The van der Waals surface area contributed by atoms with Gasteiger partial charge < -0.3 is 25.1 Å². The fourth-order valence-electron chi connectivity index (χ4n) is 2.30. The Morgan fingerprint density at radius 3 is 2.50 bits per heavy atom. The molecule has 1 aromatic heterocycles. The Kier molecular flexibility index (Phi) is 5.19. The Bertz CT molecular complexity index is 720. The lowest BCUT2D eigenvalue weighted by atomic mass is 10.0. The quantitative estimate of drug-likeness (QED) is 0.787. The fraction of sp³-hybridized carbons (Fsp3) is 0.389. The molecule has 24 heavy (non-hydrogen) atoms. The summed E-state index contributed by atoms with van der Waals surface area (Å²) in [5.74, 6) is 1.14. The Morgan fingerprint density at radius 2 is 1.96 bits per heavy atom. The second kappa shape index (κ2) is 6.97. The lowest BCUT2D eigenvalue weighted by Gasteiger charge is -2.21. The van der Waals surface area contributed by atoms with E-state index in [1.807, 2.05) is 44.1 Å². The van der Waals surface area contributed by atoms with E-state index in [-0.39, 0.29) is 12.6 Å². The number of benzene rings is 1. The first kappa shape index (κ1) is 17.9. The molecule has 2 amide bonds. The lowest BCUT2D eigenvalue weighted by Crippen LogP contribution is -2.40. The summed E-state index contributed by atoms with van der Waals surface area (Å²) < 4.78 is 5.43. The van der Waals surface area contributed by atoms with Crippen molar-refractivity contribution in [3.8, 4) is 0 Å². The molecule has 6 heteroatoms. The van der Waals surface area contributed by atoms with E-state index in [9.17, 15) is 9.90 Å². The van der Waals surface area contributed by atoms with Crippen molar-refractivity contribution in [2.75, 3.05) is 30.9 Å². The Labute approximate surface area is 142 Å². The molecule has 0 radical (unpaired) electrons. The van der Waals surface area contributed by atoms with E-state index in [4.69, 9.17) is 4.42 Å². The smallest absolute Gasteiger partial charge is 0.319 e. The summed E-state index contributed by atoms with van der Waals surface area (Å²) in [7, 11) is 3.93. The Hall–Kier alpha value is -2.47. The summed E-state index contributed by atoms with van der Waals surface area (Å²) in [4.78, 5) is 14.1. The van der Waals surface area contributed by atoms with Crippen molar-refractivity contribution < 1.29 is 14.3 Å². The van der Waals surface area contributed by atoms with Crippen LogP contribution in [0.4, 0.5) is 16.2 Å². The largest absolute Gasteiger partial charge is 0.463 e. The average Bonchev–Trinajstić information content (AvgIpc) is 2.94. The normalized spacial score (nSPS) is 13.2. The van der Waals surface area contributed by atoms with Gasteiger partial charge in [0, 0.05) is 25.5 Å². The molecule has 0 aliphatic heterocycles. The first-order valence-electron chi connectivity index (χ1n) is 7.81. The zero-order chi connectivity index (χ0) is 17.9. The molecule has 0 saturated carbocycles.